The highest BCUT2D eigenvalue weighted by Crippen LogP contribution is 2.23. The van der Waals surface area contributed by atoms with Crippen molar-refractivity contribution in [2.45, 2.75) is 307 Å². The second-order valence-corrected chi connectivity index (χ2v) is 21.0. The molecule has 11 nitrogen and oxygen atoms in total. The molecule has 0 aromatic carbocycles. The third-order valence-electron chi connectivity index (χ3n) is 14.1. The van der Waals surface area contributed by atoms with Gasteiger partial charge in [0.05, 0.1) is 32.0 Å². The van der Waals surface area contributed by atoms with Gasteiger partial charge in [-0.2, -0.15) is 0 Å². The van der Waals surface area contributed by atoms with Crippen LogP contribution in [0.15, 0.2) is 60.8 Å². The maximum Gasteiger partial charge on any atom is 0.305 e. The normalized spacial score (nSPS) is 19.3. The number of carbonyl (C=O) groups excluding carboxylic acids is 2. The standard InChI is InChI=1S/C63H113NO10/c1-3-5-7-9-11-13-15-30-33-37-41-45-49-56(66)55(54-73-63-62(71)61(70)60(69)57(53-65)74-63)64-58(67)50-46-42-38-34-31-27-25-23-21-19-17-16-18-20-22-24-26-28-32-36-40-44-48-52-72-59(68)51-47-43-39-35-29-14-12-10-8-6-4-2/h10,12,16,18-19,21,30,33,45,49,55-57,60-63,65-66,69-71H,3-9,11,13-15,17,20,22-29,31-32,34-44,46-48,50-54H2,1-2H3,(H,64,67)/b12-10-,18-16-,21-19-,33-30+,49-45+. The minimum absolute atomic E-state index is 0.0171. The lowest BCUT2D eigenvalue weighted by molar-refractivity contribution is -0.302. The number of aliphatic hydroxyl groups excluding tert-OH is 5. The molecule has 1 saturated heterocycles. The number of amides is 1. The summed E-state index contributed by atoms with van der Waals surface area (Å²) in [4.78, 5) is 25.0. The van der Waals surface area contributed by atoms with Crippen molar-refractivity contribution in [3.63, 3.8) is 0 Å². The van der Waals surface area contributed by atoms with Crippen LogP contribution in [0.25, 0.3) is 0 Å². The van der Waals surface area contributed by atoms with E-state index >= 15 is 0 Å². The minimum Gasteiger partial charge on any atom is -0.466 e. The van der Waals surface area contributed by atoms with Crippen LogP contribution in [0.3, 0.4) is 0 Å². The molecule has 1 aliphatic rings. The number of nitrogens with one attached hydrogen (secondary N) is 1. The zero-order valence-corrected chi connectivity index (χ0v) is 47.3. The summed E-state index contributed by atoms with van der Waals surface area (Å²) >= 11 is 0. The average Bonchev–Trinajstić information content (AvgIpc) is 3.40. The topological polar surface area (TPSA) is 175 Å². The number of unbranched alkanes of at least 4 members (excludes halogenated alkanes) is 30. The summed E-state index contributed by atoms with van der Waals surface area (Å²) < 4.78 is 16.7. The van der Waals surface area contributed by atoms with Gasteiger partial charge in [-0.25, -0.2) is 0 Å². The van der Waals surface area contributed by atoms with Crippen LogP contribution in [0.1, 0.15) is 264 Å². The zero-order valence-electron chi connectivity index (χ0n) is 47.3. The predicted octanol–water partition coefficient (Wildman–Crippen LogP) is 14.2. The molecule has 11 heteroatoms. The highest BCUT2D eigenvalue weighted by molar-refractivity contribution is 5.76. The highest BCUT2D eigenvalue weighted by atomic mass is 16.7. The van der Waals surface area contributed by atoms with Gasteiger partial charge in [-0.3, -0.25) is 9.59 Å². The van der Waals surface area contributed by atoms with E-state index in [0.717, 1.165) is 89.9 Å². The molecule has 1 rings (SSSR count). The third kappa shape index (κ3) is 41.5. The summed E-state index contributed by atoms with van der Waals surface area (Å²) in [6.07, 6.45) is 57.5. The number of hydrogen-bond donors (Lipinski definition) is 6. The Morgan fingerprint density at radius 3 is 1.46 bits per heavy atom. The van der Waals surface area contributed by atoms with Crippen LogP contribution >= 0.6 is 0 Å². The Kier molecular flexibility index (Phi) is 49.1. The molecular weight excluding hydrogens is 931 g/mol. The van der Waals surface area contributed by atoms with E-state index in [1.165, 1.54) is 148 Å². The second-order valence-electron chi connectivity index (χ2n) is 21.0. The number of carbonyl (C=O) groups is 2. The number of rotatable bonds is 52. The van der Waals surface area contributed by atoms with Gasteiger partial charge in [0.15, 0.2) is 6.29 Å². The molecule has 1 fully saturated rings. The van der Waals surface area contributed by atoms with Crippen LogP contribution in [-0.2, 0) is 23.8 Å². The summed E-state index contributed by atoms with van der Waals surface area (Å²) in [5.41, 5.74) is 0. The fraction of sp³-hybridized carbons (Fsp3) is 0.810. The molecular formula is C63H113NO10. The van der Waals surface area contributed by atoms with Gasteiger partial charge >= 0.3 is 5.97 Å². The number of esters is 1. The lowest BCUT2D eigenvalue weighted by atomic mass is 9.99. The number of aliphatic hydroxyl groups is 5. The number of ether oxygens (including phenoxy) is 3. The van der Waals surface area contributed by atoms with E-state index in [9.17, 15) is 35.1 Å². The maximum atomic E-state index is 13.0. The molecule has 0 spiro atoms. The quantitative estimate of drug-likeness (QED) is 0.0195. The van der Waals surface area contributed by atoms with Crippen LogP contribution in [0, 0.1) is 0 Å². The second kappa shape index (κ2) is 52.4. The van der Waals surface area contributed by atoms with E-state index in [1.54, 1.807) is 6.08 Å². The first-order valence-electron chi connectivity index (χ1n) is 30.6. The van der Waals surface area contributed by atoms with Crippen LogP contribution in [-0.4, -0.2) is 100 Å². The highest BCUT2D eigenvalue weighted by Gasteiger charge is 2.44. The van der Waals surface area contributed by atoms with Crippen LogP contribution < -0.4 is 5.32 Å². The van der Waals surface area contributed by atoms with Crippen molar-refractivity contribution < 1.29 is 49.3 Å². The van der Waals surface area contributed by atoms with Gasteiger partial charge in [0, 0.05) is 12.8 Å². The first kappa shape index (κ1) is 69.4. The van der Waals surface area contributed by atoms with Crippen LogP contribution in [0.2, 0.25) is 0 Å². The van der Waals surface area contributed by atoms with Gasteiger partial charge < -0.3 is 45.1 Å². The molecule has 430 valence electrons. The first-order chi connectivity index (χ1) is 36.2. The van der Waals surface area contributed by atoms with E-state index in [0.29, 0.717) is 19.4 Å². The number of hydrogen-bond acceptors (Lipinski definition) is 10. The Balaban J connectivity index is 2.09. The van der Waals surface area contributed by atoms with Crippen molar-refractivity contribution in [1.82, 2.24) is 5.32 Å². The van der Waals surface area contributed by atoms with Gasteiger partial charge in [-0.1, -0.05) is 216 Å². The Labute approximate surface area is 452 Å². The fourth-order valence-corrected chi connectivity index (χ4v) is 9.17. The van der Waals surface area contributed by atoms with Gasteiger partial charge in [0.2, 0.25) is 5.91 Å². The maximum absolute atomic E-state index is 13.0. The number of allylic oxidation sites excluding steroid dienone is 9. The Bertz CT molecular complexity index is 1410. The van der Waals surface area contributed by atoms with Crippen LogP contribution in [0.5, 0.6) is 0 Å². The Morgan fingerprint density at radius 1 is 0.500 bits per heavy atom. The molecule has 0 bridgehead atoms. The molecule has 0 saturated carbocycles. The molecule has 1 aliphatic heterocycles. The van der Waals surface area contributed by atoms with Gasteiger partial charge in [0.25, 0.3) is 0 Å². The Hall–Kier alpha value is -2.64. The first-order valence-corrected chi connectivity index (χ1v) is 30.6. The van der Waals surface area contributed by atoms with Gasteiger partial charge in [0.1, 0.15) is 24.4 Å². The van der Waals surface area contributed by atoms with Crippen molar-refractivity contribution in [3.05, 3.63) is 60.8 Å². The van der Waals surface area contributed by atoms with Crippen molar-refractivity contribution in [1.29, 1.82) is 0 Å². The summed E-state index contributed by atoms with van der Waals surface area (Å²) in [5.74, 6) is -0.221. The third-order valence-corrected chi connectivity index (χ3v) is 14.1. The van der Waals surface area contributed by atoms with E-state index < -0.39 is 49.5 Å². The van der Waals surface area contributed by atoms with Crippen LogP contribution in [0.4, 0.5) is 0 Å². The molecule has 1 amide bonds. The molecule has 6 N–H and O–H groups in total. The predicted molar refractivity (Wildman–Crippen MR) is 306 cm³/mol. The van der Waals surface area contributed by atoms with Gasteiger partial charge in [-0.15, -0.1) is 0 Å². The molecule has 0 aliphatic carbocycles. The molecule has 0 radical (unpaired) electrons. The molecule has 1 heterocycles. The summed E-state index contributed by atoms with van der Waals surface area (Å²) in [6, 6.07) is -0.836. The summed E-state index contributed by atoms with van der Waals surface area (Å²) in [6.45, 7) is 4.26. The fourth-order valence-electron chi connectivity index (χ4n) is 9.17. The molecule has 7 atom stereocenters. The largest absolute Gasteiger partial charge is 0.466 e. The average molecular weight is 1040 g/mol. The summed E-state index contributed by atoms with van der Waals surface area (Å²) in [5, 5.41) is 54.3. The summed E-state index contributed by atoms with van der Waals surface area (Å²) in [7, 11) is 0. The zero-order chi connectivity index (χ0) is 53.8. The Morgan fingerprint density at radius 2 is 0.932 bits per heavy atom. The molecule has 7 unspecified atom stereocenters. The van der Waals surface area contributed by atoms with Crippen molar-refractivity contribution >= 4 is 11.9 Å². The molecule has 0 aromatic rings. The van der Waals surface area contributed by atoms with Crippen molar-refractivity contribution in [2.24, 2.45) is 0 Å². The SMILES string of the molecule is CCCC/C=C\CCCCCCCC(=O)OCCCCCCCCCCC/C=C\C/C=C\CCCCCCCCCC(=O)NC(COC1OC(CO)C(O)C(O)C1O)C(O)/C=C/CC/C=C/CCCCCCCC. The van der Waals surface area contributed by atoms with E-state index in [4.69, 9.17) is 14.2 Å². The molecule has 0 aromatic heterocycles. The van der Waals surface area contributed by atoms with E-state index in [-0.39, 0.29) is 18.5 Å². The lowest BCUT2D eigenvalue weighted by Crippen LogP contribution is -2.60. The lowest BCUT2D eigenvalue weighted by Gasteiger charge is -2.40. The van der Waals surface area contributed by atoms with Crippen molar-refractivity contribution in [3.8, 4) is 0 Å². The van der Waals surface area contributed by atoms with E-state index in [1.807, 2.05) is 6.08 Å². The van der Waals surface area contributed by atoms with Crippen molar-refractivity contribution in [2.75, 3.05) is 19.8 Å². The monoisotopic (exact) mass is 1040 g/mol. The smallest absolute Gasteiger partial charge is 0.305 e. The van der Waals surface area contributed by atoms with E-state index in [2.05, 4.69) is 67.8 Å². The molecule has 74 heavy (non-hydrogen) atoms. The van der Waals surface area contributed by atoms with Gasteiger partial charge in [-0.05, 0) is 96.3 Å². The minimum atomic E-state index is -1.58.